The van der Waals surface area contributed by atoms with Crippen molar-refractivity contribution in [1.82, 2.24) is 24.9 Å². The lowest BCUT2D eigenvalue weighted by Crippen LogP contribution is -2.44. The molecule has 1 N–H and O–H groups in total. The fourth-order valence-electron chi connectivity index (χ4n) is 3.32. The summed E-state index contributed by atoms with van der Waals surface area (Å²) in [4.78, 5) is 27.2. The van der Waals surface area contributed by atoms with E-state index in [0.29, 0.717) is 16.6 Å². The number of pyridine rings is 1. The monoisotopic (exact) mass is 421 g/mol. The summed E-state index contributed by atoms with van der Waals surface area (Å²) < 4.78 is 0. The van der Waals surface area contributed by atoms with Crippen LogP contribution in [0, 0.1) is 6.92 Å². The largest absolute Gasteiger partial charge is 0.341 e. The predicted octanol–water partition coefficient (Wildman–Crippen LogP) is 2.71. The third-order valence-electron chi connectivity index (χ3n) is 4.75. The van der Waals surface area contributed by atoms with Crippen LogP contribution in [-0.2, 0) is 0 Å². The van der Waals surface area contributed by atoms with Gasteiger partial charge in [-0.15, -0.1) is 0 Å². The highest BCUT2D eigenvalue weighted by Crippen LogP contribution is 2.30. The summed E-state index contributed by atoms with van der Waals surface area (Å²) in [6.45, 7) is 2.08. The zero-order valence-corrected chi connectivity index (χ0v) is 17.0. The van der Waals surface area contributed by atoms with Crippen molar-refractivity contribution in [3.8, 4) is 0 Å². The van der Waals surface area contributed by atoms with Crippen LogP contribution in [0.2, 0.25) is 5.15 Å². The van der Waals surface area contributed by atoms with Crippen LogP contribution >= 0.6 is 23.4 Å². The van der Waals surface area contributed by atoms with Crippen molar-refractivity contribution >= 4 is 46.4 Å². The van der Waals surface area contributed by atoms with E-state index in [-0.39, 0.29) is 6.17 Å². The second kappa shape index (κ2) is 7.46. The first kappa shape index (κ1) is 18.1. The van der Waals surface area contributed by atoms with Crippen LogP contribution in [0.15, 0.2) is 59.2 Å². The Kier molecular flexibility index (Phi) is 4.65. The van der Waals surface area contributed by atoms with Crippen molar-refractivity contribution in [3.05, 3.63) is 70.5 Å². The number of halogens is 1. The normalized spacial score (nSPS) is 15.7. The van der Waals surface area contributed by atoms with Gasteiger partial charge in [-0.25, -0.2) is 19.9 Å². The number of nitrogens with one attached hydrogen (secondary N) is 1. The van der Waals surface area contributed by atoms with E-state index in [9.17, 15) is 0 Å². The van der Waals surface area contributed by atoms with Gasteiger partial charge >= 0.3 is 0 Å². The molecule has 29 heavy (non-hydrogen) atoms. The zero-order chi connectivity index (χ0) is 19.8. The van der Waals surface area contributed by atoms with Gasteiger partial charge in [-0.1, -0.05) is 35.5 Å². The molecule has 7 nitrogen and oxygen atoms in total. The first-order valence-electron chi connectivity index (χ1n) is 9.02. The Balaban J connectivity index is 1.55. The fraction of sp³-hybridized carbons (Fsp3) is 0.150. The number of imidazole rings is 1. The lowest BCUT2D eigenvalue weighted by atomic mass is 10.1. The lowest BCUT2D eigenvalue weighted by Gasteiger charge is -2.30. The van der Waals surface area contributed by atoms with E-state index in [1.165, 1.54) is 6.33 Å². The quantitative estimate of drug-likeness (QED) is 0.310. The molecule has 9 heteroatoms. The molecule has 0 bridgehead atoms. The first-order chi connectivity index (χ1) is 14.2. The minimum atomic E-state index is -0.163. The zero-order valence-electron chi connectivity index (χ0n) is 15.5. The molecule has 0 amide bonds. The van der Waals surface area contributed by atoms with E-state index in [4.69, 9.17) is 16.6 Å². The van der Waals surface area contributed by atoms with Gasteiger partial charge in [-0.2, -0.15) is 0 Å². The molecule has 0 fully saturated rings. The van der Waals surface area contributed by atoms with E-state index in [1.54, 1.807) is 24.3 Å². The van der Waals surface area contributed by atoms with Crippen LogP contribution < -0.4 is 15.5 Å². The highest BCUT2D eigenvalue weighted by molar-refractivity contribution is 7.99. The van der Waals surface area contributed by atoms with E-state index in [2.05, 4.69) is 49.0 Å². The van der Waals surface area contributed by atoms with Crippen molar-refractivity contribution in [2.45, 2.75) is 18.1 Å². The third kappa shape index (κ3) is 3.34. The van der Waals surface area contributed by atoms with Gasteiger partial charge in [0.15, 0.2) is 10.8 Å². The number of thioether (sulfide) groups is 1. The van der Waals surface area contributed by atoms with Crippen LogP contribution in [0.5, 0.6) is 0 Å². The molecule has 0 saturated carbocycles. The van der Waals surface area contributed by atoms with E-state index in [1.807, 2.05) is 24.3 Å². The Bertz CT molecular complexity index is 1320. The van der Waals surface area contributed by atoms with Gasteiger partial charge in [-0.05, 0) is 30.7 Å². The molecular formula is C20H16ClN7S. The summed E-state index contributed by atoms with van der Waals surface area (Å²) in [5.41, 5.74) is 3.48. The topological polar surface area (TPSA) is 83.0 Å². The molecule has 1 aromatic carbocycles. The number of anilines is 1. The predicted molar refractivity (Wildman–Crippen MR) is 114 cm³/mol. The third-order valence-corrected chi connectivity index (χ3v) is 6.09. The molecule has 4 heterocycles. The summed E-state index contributed by atoms with van der Waals surface area (Å²) in [7, 11) is 0. The smallest absolute Gasteiger partial charge is 0.181 e. The number of H-pyrrole nitrogens is 1. The van der Waals surface area contributed by atoms with Gasteiger partial charge in [0.25, 0.3) is 0 Å². The molecule has 1 aliphatic heterocycles. The highest BCUT2D eigenvalue weighted by atomic mass is 35.5. The molecule has 0 spiro atoms. The maximum atomic E-state index is 6.42. The Morgan fingerprint density at radius 3 is 2.97 bits per heavy atom. The maximum absolute atomic E-state index is 6.42. The molecule has 1 atom stereocenters. The van der Waals surface area contributed by atoms with Crippen LogP contribution in [0.3, 0.4) is 0 Å². The van der Waals surface area contributed by atoms with Crippen molar-refractivity contribution in [1.29, 1.82) is 0 Å². The number of fused-ring (bicyclic) bond motifs is 2. The Hall–Kier alpha value is -2.97. The van der Waals surface area contributed by atoms with Crippen LogP contribution in [-0.4, -0.2) is 36.8 Å². The molecule has 4 aromatic rings. The summed E-state index contributed by atoms with van der Waals surface area (Å²) >= 11 is 8.02. The molecule has 1 aliphatic rings. The number of aromatic amines is 1. The van der Waals surface area contributed by atoms with Crippen molar-refractivity contribution < 1.29 is 0 Å². The van der Waals surface area contributed by atoms with E-state index < -0.39 is 0 Å². The number of benzene rings is 1. The Labute approximate surface area is 175 Å². The number of hydrogen-bond acceptors (Lipinski definition) is 7. The minimum Gasteiger partial charge on any atom is -0.341 e. The molecule has 0 radical (unpaired) electrons. The number of rotatable bonds is 4. The van der Waals surface area contributed by atoms with Crippen LogP contribution in [0.4, 0.5) is 5.69 Å². The molecule has 0 saturated heterocycles. The second-order valence-corrected chi connectivity index (χ2v) is 7.92. The van der Waals surface area contributed by atoms with Gasteiger partial charge in [0.2, 0.25) is 0 Å². The van der Waals surface area contributed by atoms with Crippen molar-refractivity contribution in [3.63, 3.8) is 0 Å². The first-order valence-corrected chi connectivity index (χ1v) is 10.4. The molecule has 144 valence electrons. The van der Waals surface area contributed by atoms with Crippen molar-refractivity contribution in [2.75, 3.05) is 10.7 Å². The average molecular weight is 422 g/mol. The highest BCUT2D eigenvalue weighted by Gasteiger charge is 2.23. The number of hydrogen-bond donors (Lipinski definition) is 1. The summed E-state index contributed by atoms with van der Waals surface area (Å²) in [6, 6.07) is 9.99. The minimum absolute atomic E-state index is 0.163. The second-order valence-electron chi connectivity index (χ2n) is 6.56. The van der Waals surface area contributed by atoms with Gasteiger partial charge in [0.05, 0.1) is 17.4 Å². The Morgan fingerprint density at radius 2 is 2.07 bits per heavy atom. The van der Waals surface area contributed by atoms with E-state index >= 15 is 0 Å². The van der Waals surface area contributed by atoms with Crippen LogP contribution in [0.1, 0.15) is 5.56 Å². The number of aryl methyl sites for hydroxylation is 1. The van der Waals surface area contributed by atoms with Gasteiger partial charge in [0, 0.05) is 23.4 Å². The number of aromatic nitrogens is 5. The summed E-state index contributed by atoms with van der Waals surface area (Å²) in [5.74, 6) is 0.667. The molecule has 5 rings (SSSR count). The fourth-order valence-corrected chi connectivity index (χ4v) is 4.49. The Morgan fingerprint density at radius 1 is 1.14 bits per heavy atom. The van der Waals surface area contributed by atoms with Gasteiger partial charge in [0.1, 0.15) is 23.0 Å². The van der Waals surface area contributed by atoms with Gasteiger partial charge < -0.3 is 9.88 Å². The van der Waals surface area contributed by atoms with Crippen LogP contribution in [0.25, 0.3) is 17.4 Å². The summed E-state index contributed by atoms with van der Waals surface area (Å²) in [5, 5.41) is 3.35. The molecule has 1 unspecified atom stereocenters. The molecular weight excluding hydrogens is 406 g/mol. The molecule has 0 aliphatic carbocycles. The SMILES string of the molecule is Cc1cccc2c1=CN(c1cccnc1Cl)C(CSc1ncnc3nc[nH]c13)N=2. The standard InChI is InChI=1S/C20H16ClN7S/c1-12-4-2-5-14-13(12)8-28(15-6-3-7-22-18(15)21)16(27-14)9-29-20-17-19(24-10-23-17)25-11-26-20/h2-8,10-11,16H,9H2,1H3,(H,23,24,25,26). The number of nitrogens with zero attached hydrogens (tertiary/aromatic N) is 6. The maximum Gasteiger partial charge on any atom is 0.181 e. The van der Waals surface area contributed by atoms with E-state index in [0.717, 1.165) is 32.4 Å². The lowest BCUT2D eigenvalue weighted by molar-refractivity contribution is 0.736. The average Bonchev–Trinajstić information content (AvgIpc) is 3.22. The summed E-state index contributed by atoms with van der Waals surface area (Å²) in [6.07, 6.45) is 6.79. The van der Waals surface area contributed by atoms with Crippen molar-refractivity contribution in [2.24, 2.45) is 4.99 Å². The van der Waals surface area contributed by atoms with Gasteiger partial charge in [-0.3, -0.25) is 4.99 Å². The molecule has 3 aromatic heterocycles.